The molecule has 23 heavy (non-hydrogen) atoms. The van der Waals surface area contributed by atoms with Crippen molar-refractivity contribution in [3.8, 4) is 17.2 Å². The minimum Gasteiger partial charge on any atom is -0.504 e. The molecule has 0 saturated carbocycles. The summed E-state index contributed by atoms with van der Waals surface area (Å²) in [5.74, 6) is 0.442. The fourth-order valence-electron chi connectivity index (χ4n) is 2.19. The lowest BCUT2D eigenvalue weighted by molar-refractivity contribution is -0.120. The Morgan fingerprint density at radius 3 is 2.39 bits per heavy atom. The Labute approximate surface area is 135 Å². The largest absolute Gasteiger partial charge is 0.504 e. The average molecular weight is 315 g/mol. The van der Waals surface area contributed by atoms with Crippen molar-refractivity contribution in [1.29, 1.82) is 0 Å². The van der Waals surface area contributed by atoms with E-state index in [1.165, 1.54) is 12.1 Å². The Morgan fingerprint density at radius 1 is 1.04 bits per heavy atom. The third-order valence-corrected chi connectivity index (χ3v) is 3.37. The number of hydrogen-bond acceptors (Lipinski definition) is 4. The summed E-state index contributed by atoms with van der Waals surface area (Å²) >= 11 is 0. The number of phenols is 2. The van der Waals surface area contributed by atoms with E-state index in [0.29, 0.717) is 26.0 Å². The van der Waals surface area contributed by atoms with E-state index in [1.54, 1.807) is 6.07 Å². The lowest BCUT2D eigenvalue weighted by Gasteiger charge is -2.07. The molecule has 0 radical (unpaired) electrons. The van der Waals surface area contributed by atoms with E-state index in [0.717, 1.165) is 16.9 Å². The van der Waals surface area contributed by atoms with Gasteiger partial charge in [-0.1, -0.05) is 18.2 Å². The normalized spacial score (nSPS) is 10.3. The molecule has 122 valence electrons. The summed E-state index contributed by atoms with van der Waals surface area (Å²) in [7, 11) is 0. The first-order valence-corrected chi connectivity index (χ1v) is 7.57. The molecule has 0 fully saturated rings. The third kappa shape index (κ3) is 5.21. The van der Waals surface area contributed by atoms with Gasteiger partial charge in [0, 0.05) is 6.54 Å². The molecule has 0 aromatic heterocycles. The van der Waals surface area contributed by atoms with Crippen LogP contribution in [0.2, 0.25) is 0 Å². The van der Waals surface area contributed by atoms with Crippen molar-refractivity contribution in [1.82, 2.24) is 5.32 Å². The van der Waals surface area contributed by atoms with Gasteiger partial charge in [0.15, 0.2) is 11.5 Å². The Kier molecular flexibility index (Phi) is 5.86. The molecule has 0 saturated heterocycles. The third-order valence-electron chi connectivity index (χ3n) is 3.37. The highest BCUT2D eigenvalue weighted by atomic mass is 16.5. The maximum atomic E-state index is 11.9. The fourth-order valence-corrected chi connectivity index (χ4v) is 2.19. The van der Waals surface area contributed by atoms with Gasteiger partial charge in [-0.15, -0.1) is 0 Å². The van der Waals surface area contributed by atoms with Gasteiger partial charge in [-0.25, -0.2) is 0 Å². The molecular weight excluding hydrogens is 294 g/mol. The number of hydrogen-bond donors (Lipinski definition) is 3. The van der Waals surface area contributed by atoms with Crippen LogP contribution in [0.15, 0.2) is 42.5 Å². The summed E-state index contributed by atoms with van der Waals surface area (Å²) < 4.78 is 5.36. The molecule has 0 atom stereocenters. The number of aromatic hydroxyl groups is 2. The molecule has 0 spiro atoms. The second-order valence-electron chi connectivity index (χ2n) is 5.18. The number of rotatable bonds is 7. The van der Waals surface area contributed by atoms with Gasteiger partial charge in [0.1, 0.15) is 5.75 Å². The van der Waals surface area contributed by atoms with E-state index in [2.05, 4.69) is 5.32 Å². The Bertz CT molecular complexity index is 653. The van der Waals surface area contributed by atoms with E-state index in [9.17, 15) is 15.0 Å². The number of ether oxygens (including phenoxy) is 1. The van der Waals surface area contributed by atoms with Gasteiger partial charge in [-0.2, -0.15) is 0 Å². The number of nitrogens with one attached hydrogen (secondary N) is 1. The van der Waals surface area contributed by atoms with Crippen molar-refractivity contribution in [3.63, 3.8) is 0 Å². The first kappa shape index (κ1) is 16.7. The van der Waals surface area contributed by atoms with Crippen molar-refractivity contribution in [3.05, 3.63) is 53.6 Å². The molecule has 0 aliphatic heterocycles. The fraction of sp³-hybridized carbons (Fsp3) is 0.278. The van der Waals surface area contributed by atoms with Gasteiger partial charge >= 0.3 is 0 Å². The van der Waals surface area contributed by atoms with Crippen LogP contribution in [-0.2, 0) is 17.6 Å². The molecule has 0 aliphatic rings. The van der Waals surface area contributed by atoms with E-state index in [-0.39, 0.29) is 17.4 Å². The minimum absolute atomic E-state index is 0.0582. The van der Waals surface area contributed by atoms with Gasteiger partial charge in [0.05, 0.1) is 13.0 Å². The molecule has 5 heteroatoms. The van der Waals surface area contributed by atoms with E-state index < -0.39 is 0 Å². The Balaban J connectivity index is 1.77. The van der Waals surface area contributed by atoms with Gasteiger partial charge in [0.25, 0.3) is 0 Å². The quantitative estimate of drug-likeness (QED) is 0.686. The molecule has 0 bridgehead atoms. The summed E-state index contributed by atoms with van der Waals surface area (Å²) in [5.41, 5.74) is 1.77. The predicted molar refractivity (Wildman–Crippen MR) is 87.8 cm³/mol. The summed E-state index contributed by atoms with van der Waals surface area (Å²) in [5, 5.41) is 21.5. The summed E-state index contributed by atoms with van der Waals surface area (Å²) in [6.07, 6.45) is 0.899. The lowest BCUT2D eigenvalue weighted by Crippen LogP contribution is -2.27. The van der Waals surface area contributed by atoms with Crippen LogP contribution in [0.4, 0.5) is 0 Å². The highest BCUT2D eigenvalue weighted by Gasteiger charge is 2.05. The summed E-state index contributed by atoms with van der Waals surface area (Å²) in [6.45, 7) is 3.02. The van der Waals surface area contributed by atoms with E-state index in [4.69, 9.17) is 4.74 Å². The maximum Gasteiger partial charge on any atom is 0.224 e. The van der Waals surface area contributed by atoms with Crippen LogP contribution < -0.4 is 10.1 Å². The number of benzene rings is 2. The zero-order valence-electron chi connectivity index (χ0n) is 13.1. The second-order valence-corrected chi connectivity index (χ2v) is 5.18. The first-order valence-electron chi connectivity index (χ1n) is 7.57. The number of phenolic OH excluding ortho intramolecular Hbond substituents is 2. The molecule has 0 heterocycles. The van der Waals surface area contributed by atoms with Crippen molar-refractivity contribution in [2.24, 2.45) is 0 Å². The van der Waals surface area contributed by atoms with Crippen molar-refractivity contribution < 1.29 is 19.7 Å². The molecule has 2 aromatic carbocycles. The number of amides is 1. The van der Waals surface area contributed by atoms with Crippen molar-refractivity contribution in [2.45, 2.75) is 19.8 Å². The number of carbonyl (C=O) groups excluding carboxylic acids is 1. The highest BCUT2D eigenvalue weighted by Crippen LogP contribution is 2.24. The standard InChI is InChI=1S/C18H21NO4/c1-2-23-15-6-3-13(4-7-15)12-18(22)19-10-9-14-5-8-16(20)17(21)11-14/h3-8,11,20-21H,2,9-10,12H2,1H3,(H,19,22). The van der Waals surface area contributed by atoms with E-state index in [1.807, 2.05) is 31.2 Å². The van der Waals surface area contributed by atoms with Crippen molar-refractivity contribution in [2.75, 3.05) is 13.2 Å². The van der Waals surface area contributed by atoms with Crippen LogP contribution in [0.3, 0.4) is 0 Å². The van der Waals surface area contributed by atoms with Crippen LogP contribution in [0.25, 0.3) is 0 Å². The maximum absolute atomic E-state index is 11.9. The predicted octanol–water partition coefficient (Wildman–Crippen LogP) is 2.40. The molecule has 2 rings (SSSR count). The molecule has 0 aliphatic carbocycles. The van der Waals surface area contributed by atoms with Crippen LogP contribution in [-0.4, -0.2) is 29.3 Å². The zero-order valence-corrected chi connectivity index (χ0v) is 13.1. The van der Waals surface area contributed by atoms with Gasteiger partial charge in [0.2, 0.25) is 5.91 Å². The molecule has 3 N–H and O–H groups in total. The molecular formula is C18H21NO4. The second kappa shape index (κ2) is 8.08. The summed E-state index contributed by atoms with van der Waals surface area (Å²) in [6, 6.07) is 12.1. The van der Waals surface area contributed by atoms with Crippen LogP contribution >= 0.6 is 0 Å². The summed E-state index contributed by atoms with van der Waals surface area (Å²) in [4.78, 5) is 11.9. The van der Waals surface area contributed by atoms with Crippen LogP contribution in [0, 0.1) is 0 Å². The van der Waals surface area contributed by atoms with E-state index >= 15 is 0 Å². The zero-order chi connectivity index (χ0) is 16.7. The average Bonchev–Trinajstić information content (AvgIpc) is 2.53. The topological polar surface area (TPSA) is 78.8 Å². The molecule has 5 nitrogen and oxygen atoms in total. The number of carbonyl (C=O) groups is 1. The van der Waals surface area contributed by atoms with Gasteiger partial charge in [-0.3, -0.25) is 4.79 Å². The first-order chi connectivity index (χ1) is 11.1. The van der Waals surface area contributed by atoms with Gasteiger partial charge in [-0.05, 0) is 48.7 Å². The molecule has 2 aromatic rings. The van der Waals surface area contributed by atoms with Gasteiger partial charge < -0.3 is 20.3 Å². The lowest BCUT2D eigenvalue weighted by atomic mass is 10.1. The Morgan fingerprint density at radius 2 is 1.74 bits per heavy atom. The smallest absolute Gasteiger partial charge is 0.224 e. The SMILES string of the molecule is CCOc1ccc(CC(=O)NCCc2ccc(O)c(O)c2)cc1. The minimum atomic E-state index is -0.150. The molecule has 1 amide bonds. The molecule has 0 unspecified atom stereocenters. The van der Waals surface area contributed by atoms with Crippen LogP contribution in [0.5, 0.6) is 17.2 Å². The van der Waals surface area contributed by atoms with Crippen molar-refractivity contribution >= 4 is 5.91 Å². The van der Waals surface area contributed by atoms with Crippen LogP contribution in [0.1, 0.15) is 18.1 Å². The highest BCUT2D eigenvalue weighted by molar-refractivity contribution is 5.78. The Hall–Kier alpha value is -2.69. The monoisotopic (exact) mass is 315 g/mol.